The highest BCUT2D eigenvalue weighted by molar-refractivity contribution is 5.38. The van der Waals surface area contributed by atoms with Crippen LogP contribution in [-0.2, 0) is 45.4 Å². The van der Waals surface area contributed by atoms with Crippen molar-refractivity contribution in [2.45, 2.75) is 71.0 Å². The zero-order valence-electron chi connectivity index (χ0n) is 18.9. The molecule has 1 atom stereocenters. The third-order valence-electron chi connectivity index (χ3n) is 7.06. The van der Waals surface area contributed by atoms with E-state index in [-0.39, 0.29) is 5.41 Å². The summed E-state index contributed by atoms with van der Waals surface area (Å²) in [6.45, 7) is 12.4. The fourth-order valence-electron chi connectivity index (χ4n) is 5.40. The van der Waals surface area contributed by atoms with E-state index in [1.807, 2.05) is 0 Å². The van der Waals surface area contributed by atoms with Gasteiger partial charge in [-0.05, 0) is 32.0 Å². The molecule has 0 saturated carbocycles. The molecule has 28 heavy (non-hydrogen) atoms. The van der Waals surface area contributed by atoms with Gasteiger partial charge in [0, 0.05) is 62.9 Å². The first kappa shape index (κ1) is 19.6. The molecule has 2 aromatic heterocycles. The van der Waals surface area contributed by atoms with Crippen LogP contribution in [0.4, 0.5) is 0 Å². The highest BCUT2D eigenvalue weighted by Crippen LogP contribution is 2.40. The number of aryl methyl sites for hydroxylation is 2. The van der Waals surface area contributed by atoms with Crippen molar-refractivity contribution >= 4 is 0 Å². The summed E-state index contributed by atoms with van der Waals surface area (Å²) in [5.74, 6) is 0.465. The molecule has 2 aliphatic heterocycles. The Hall–Kier alpha value is -1.66. The Morgan fingerprint density at radius 1 is 0.929 bits per heavy atom. The van der Waals surface area contributed by atoms with Crippen molar-refractivity contribution in [3.05, 3.63) is 33.9 Å². The van der Waals surface area contributed by atoms with Gasteiger partial charge in [-0.1, -0.05) is 27.7 Å². The first-order chi connectivity index (χ1) is 13.1. The van der Waals surface area contributed by atoms with Crippen LogP contribution < -0.4 is 0 Å². The average molecular weight is 385 g/mol. The highest BCUT2D eigenvalue weighted by atomic mass is 15.3. The van der Waals surface area contributed by atoms with Crippen LogP contribution in [0.3, 0.4) is 0 Å². The molecule has 4 rings (SSSR count). The summed E-state index contributed by atoms with van der Waals surface area (Å²) in [6.07, 6.45) is 2.13. The summed E-state index contributed by atoms with van der Waals surface area (Å²) in [5.41, 5.74) is 8.26. The van der Waals surface area contributed by atoms with Gasteiger partial charge in [0.1, 0.15) is 0 Å². The quantitative estimate of drug-likeness (QED) is 0.816. The molecule has 0 fully saturated rings. The van der Waals surface area contributed by atoms with Crippen LogP contribution in [-0.4, -0.2) is 56.0 Å². The van der Waals surface area contributed by atoms with Crippen LogP contribution in [0.5, 0.6) is 0 Å². The predicted molar refractivity (Wildman–Crippen MR) is 113 cm³/mol. The monoisotopic (exact) mass is 384 g/mol. The lowest BCUT2D eigenvalue weighted by Gasteiger charge is -2.43. The molecule has 0 amide bonds. The van der Waals surface area contributed by atoms with Crippen molar-refractivity contribution in [2.75, 3.05) is 20.6 Å². The second kappa shape index (κ2) is 6.70. The lowest BCUT2D eigenvalue weighted by Crippen LogP contribution is -2.50. The van der Waals surface area contributed by atoms with Crippen LogP contribution in [0.1, 0.15) is 67.5 Å². The van der Waals surface area contributed by atoms with E-state index >= 15 is 0 Å². The van der Waals surface area contributed by atoms with Crippen molar-refractivity contribution in [1.29, 1.82) is 0 Å². The normalized spacial score (nSPS) is 21.2. The van der Waals surface area contributed by atoms with Gasteiger partial charge in [-0.2, -0.15) is 10.2 Å². The number of rotatable bonds is 3. The molecule has 0 N–H and O–H groups in total. The summed E-state index contributed by atoms with van der Waals surface area (Å²) in [4.78, 5) is 4.93. The smallest absolute Gasteiger partial charge is 0.0732 e. The van der Waals surface area contributed by atoms with Crippen molar-refractivity contribution < 1.29 is 0 Å². The summed E-state index contributed by atoms with van der Waals surface area (Å²) in [6, 6.07) is 0.411. The van der Waals surface area contributed by atoms with E-state index in [2.05, 4.69) is 75.0 Å². The summed E-state index contributed by atoms with van der Waals surface area (Å²) in [7, 11) is 8.69. The van der Waals surface area contributed by atoms with Crippen molar-refractivity contribution in [3.8, 4) is 0 Å². The van der Waals surface area contributed by atoms with Crippen molar-refractivity contribution in [3.63, 3.8) is 0 Å². The van der Waals surface area contributed by atoms with Crippen LogP contribution >= 0.6 is 0 Å². The van der Waals surface area contributed by atoms with Gasteiger partial charge in [-0.25, -0.2) is 0 Å². The maximum absolute atomic E-state index is 5.06. The van der Waals surface area contributed by atoms with Crippen LogP contribution in [0.15, 0.2) is 0 Å². The summed E-state index contributed by atoms with van der Waals surface area (Å²) >= 11 is 0. The topological polar surface area (TPSA) is 42.1 Å². The molecule has 0 aromatic carbocycles. The molecule has 0 saturated heterocycles. The first-order valence-electron chi connectivity index (χ1n) is 10.6. The predicted octanol–water partition coefficient (Wildman–Crippen LogP) is 2.60. The Balaban J connectivity index is 1.72. The first-order valence-corrected chi connectivity index (χ1v) is 10.6. The molecule has 0 radical (unpaired) electrons. The highest BCUT2D eigenvalue weighted by Gasteiger charge is 2.43. The standard InChI is InChI=1S/C22H36N6/c1-14(2)20-16-12-26(6)19(11-17(16)27(7)23-20)22(3,4)21-15-9-10-25(5)13-18(15)28(8)24-21/h14,19H,9-13H2,1-8H3. The van der Waals surface area contributed by atoms with Gasteiger partial charge in [0.25, 0.3) is 0 Å². The fourth-order valence-corrected chi connectivity index (χ4v) is 5.40. The molecule has 0 spiro atoms. The Morgan fingerprint density at radius 2 is 1.61 bits per heavy atom. The van der Waals surface area contributed by atoms with Gasteiger partial charge in [0.15, 0.2) is 0 Å². The molecule has 4 heterocycles. The Morgan fingerprint density at radius 3 is 2.29 bits per heavy atom. The van der Waals surface area contributed by atoms with Gasteiger partial charge < -0.3 is 4.90 Å². The van der Waals surface area contributed by atoms with E-state index in [1.54, 1.807) is 0 Å². The van der Waals surface area contributed by atoms with E-state index in [4.69, 9.17) is 10.2 Å². The zero-order chi connectivity index (χ0) is 20.4. The fraction of sp³-hybridized carbons (Fsp3) is 0.727. The second-order valence-electron chi connectivity index (χ2n) is 9.83. The van der Waals surface area contributed by atoms with E-state index in [9.17, 15) is 0 Å². The van der Waals surface area contributed by atoms with Crippen LogP contribution in [0, 0.1) is 0 Å². The lowest BCUT2D eigenvalue weighted by atomic mass is 9.74. The molecule has 2 aromatic rings. The summed E-state index contributed by atoms with van der Waals surface area (Å²) < 4.78 is 4.25. The van der Waals surface area contributed by atoms with Gasteiger partial charge >= 0.3 is 0 Å². The largest absolute Gasteiger partial charge is 0.300 e. The molecular formula is C22H36N6. The van der Waals surface area contributed by atoms with Gasteiger partial charge in [0.05, 0.1) is 17.1 Å². The minimum atomic E-state index is -0.0179. The number of fused-ring (bicyclic) bond motifs is 2. The molecule has 1 unspecified atom stereocenters. The molecule has 2 aliphatic rings. The molecule has 154 valence electrons. The van der Waals surface area contributed by atoms with Gasteiger partial charge in [-0.15, -0.1) is 0 Å². The van der Waals surface area contributed by atoms with Crippen LogP contribution in [0.2, 0.25) is 0 Å². The average Bonchev–Trinajstić information content (AvgIpc) is 3.12. The number of hydrogen-bond donors (Lipinski definition) is 0. The molecule has 6 heteroatoms. The Kier molecular flexibility index (Phi) is 4.70. The van der Waals surface area contributed by atoms with Gasteiger partial charge in [-0.3, -0.25) is 14.3 Å². The third kappa shape index (κ3) is 2.92. The molecule has 6 nitrogen and oxygen atoms in total. The molecular weight excluding hydrogens is 348 g/mol. The maximum atomic E-state index is 5.06. The molecule has 0 aliphatic carbocycles. The number of nitrogens with zero attached hydrogens (tertiary/aromatic N) is 6. The zero-order valence-corrected chi connectivity index (χ0v) is 18.9. The third-order valence-corrected chi connectivity index (χ3v) is 7.06. The SMILES string of the molecule is CC(C)c1nn(C)c2c1CN(C)C(C(C)(C)c1nn(C)c3c1CCN(C)C3)C2. The second-order valence-corrected chi connectivity index (χ2v) is 9.83. The van der Waals surface area contributed by atoms with E-state index in [1.165, 1.54) is 33.9 Å². The Bertz CT molecular complexity index is 887. The summed E-state index contributed by atoms with van der Waals surface area (Å²) in [5, 5.41) is 9.92. The Labute approximate surface area is 169 Å². The van der Waals surface area contributed by atoms with Gasteiger partial charge in [0.2, 0.25) is 0 Å². The number of likely N-dealkylation sites (N-methyl/N-ethyl adjacent to an activating group) is 2. The van der Waals surface area contributed by atoms with Crippen molar-refractivity contribution in [2.24, 2.45) is 14.1 Å². The van der Waals surface area contributed by atoms with E-state index in [0.29, 0.717) is 12.0 Å². The number of aromatic nitrogens is 4. The van der Waals surface area contributed by atoms with E-state index in [0.717, 1.165) is 32.5 Å². The number of hydrogen-bond acceptors (Lipinski definition) is 4. The maximum Gasteiger partial charge on any atom is 0.0732 e. The minimum absolute atomic E-state index is 0.0179. The van der Waals surface area contributed by atoms with Crippen molar-refractivity contribution in [1.82, 2.24) is 29.4 Å². The minimum Gasteiger partial charge on any atom is -0.300 e. The lowest BCUT2D eigenvalue weighted by molar-refractivity contribution is 0.137. The molecule has 0 bridgehead atoms. The van der Waals surface area contributed by atoms with Crippen LogP contribution in [0.25, 0.3) is 0 Å². The van der Waals surface area contributed by atoms with E-state index < -0.39 is 0 Å².